The predicted octanol–water partition coefficient (Wildman–Crippen LogP) is 4.61. The summed E-state index contributed by atoms with van der Waals surface area (Å²) in [4.78, 5) is 15.5. The van der Waals surface area contributed by atoms with Crippen LogP contribution < -0.4 is 4.74 Å². The van der Waals surface area contributed by atoms with E-state index in [-0.39, 0.29) is 23.6 Å². The van der Waals surface area contributed by atoms with Crippen molar-refractivity contribution in [1.82, 2.24) is 4.90 Å². The van der Waals surface area contributed by atoms with E-state index in [4.69, 9.17) is 4.74 Å². The lowest BCUT2D eigenvalue weighted by Gasteiger charge is -2.52. The lowest BCUT2D eigenvalue weighted by Crippen LogP contribution is -2.56. The average molecular weight is 410 g/mol. The summed E-state index contributed by atoms with van der Waals surface area (Å²) in [5.41, 5.74) is 1.80. The SMILES string of the molecule is CCOc1cc(C2C3CCCCC3(O)CCN2C(=O)c2ccccc2C)ccc1O. The van der Waals surface area contributed by atoms with Gasteiger partial charge >= 0.3 is 0 Å². The molecule has 1 aliphatic heterocycles. The fraction of sp³-hybridized carbons (Fsp3) is 0.480. The van der Waals surface area contributed by atoms with Crippen LogP contribution in [0.25, 0.3) is 0 Å². The van der Waals surface area contributed by atoms with Crippen molar-refractivity contribution < 1.29 is 19.7 Å². The van der Waals surface area contributed by atoms with E-state index >= 15 is 0 Å². The highest BCUT2D eigenvalue weighted by Gasteiger charge is 2.50. The number of aromatic hydroxyl groups is 1. The number of aryl methyl sites for hydroxylation is 1. The van der Waals surface area contributed by atoms with Crippen molar-refractivity contribution in [3.63, 3.8) is 0 Å². The Bertz CT molecular complexity index is 927. The van der Waals surface area contributed by atoms with Gasteiger partial charge in [-0.1, -0.05) is 37.1 Å². The monoisotopic (exact) mass is 409 g/mol. The minimum Gasteiger partial charge on any atom is -0.504 e. The molecule has 1 aliphatic carbocycles. The van der Waals surface area contributed by atoms with Gasteiger partial charge in [0.15, 0.2) is 11.5 Å². The van der Waals surface area contributed by atoms with E-state index in [1.54, 1.807) is 6.07 Å². The number of hydrogen-bond donors (Lipinski definition) is 2. The van der Waals surface area contributed by atoms with E-state index in [2.05, 4.69) is 0 Å². The van der Waals surface area contributed by atoms with Gasteiger partial charge in [0, 0.05) is 18.0 Å². The van der Waals surface area contributed by atoms with Crippen LogP contribution in [0.2, 0.25) is 0 Å². The number of piperidine rings is 1. The first-order valence-electron chi connectivity index (χ1n) is 11.0. The van der Waals surface area contributed by atoms with Crippen molar-refractivity contribution >= 4 is 5.91 Å². The third kappa shape index (κ3) is 3.67. The van der Waals surface area contributed by atoms with Crippen molar-refractivity contribution in [2.45, 2.75) is 57.6 Å². The van der Waals surface area contributed by atoms with Gasteiger partial charge in [0.1, 0.15) is 0 Å². The van der Waals surface area contributed by atoms with Gasteiger partial charge in [-0.2, -0.15) is 0 Å². The Hall–Kier alpha value is -2.53. The molecule has 0 spiro atoms. The Morgan fingerprint density at radius 2 is 2.00 bits per heavy atom. The van der Waals surface area contributed by atoms with E-state index in [1.165, 1.54) is 0 Å². The number of benzene rings is 2. The summed E-state index contributed by atoms with van der Waals surface area (Å²) < 4.78 is 5.61. The summed E-state index contributed by atoms with van der Waals surface area (Å²) in [7, 11) is 0. The first-order valence-corrected chi connectivity index (χ1v) is 11.0. The Kier molecular flexibility index (Phi) is 5.74. The number of carbonyl (C=O) groups is 1. The smallest absolute Gasteiger partial charge is 0.254 e. The van der Waals surface area contributed by atoms with Crippen LogP contribution in [-0.2, 0) is 0 Å². The van der Waals surface area contributed by atoms with Crippen molar-refractivity contribution in [2.75, 3.05) is 13.2 Å². The Balaban J connectivity index is 1.78. The molecule has 1 heterocycles. The summed E-state index contributed by atoms with van der Waals surface area (Å²) in [5, 5.41) is 21.6. The summed E-state index contributed by atoms with van der Waals surface area (Å²) in [6.45, 7) is 4.79. The average Bonchev–Trinajstić information content (AvgIpc) is 2.74. The maximum Gasteiger partial charge on any atom is 0.254 e. The number of rotatable bonds is 4. The van der Waals surface area contributed by atoms with Crippen LogP contribution in [0.5, 0.6) is 11.5 Å². The molecule has 4 rings (SSSR count). The maximum atomic E-state index is 13.6. The molecule has 1 amide bonds. The van der Waals surface area contributed by atoms with Crippen molar-refractivity contribution in [2.24, 2.45) is 5.92 Å². The number of amides is 1. The summed E-state index contributed by atoms with van der Waals surface area (Å²) >= 11 is 0. The quantitative estimate of drug-likeness (QED) is 0.774. The van der Waals surface area contributed by atoms with Crippen molar-refractivity contribution in [3.05, 3.63) is 59.2 Å². The largest absolute Gasteiger partial charge is 0.504 e. The molecule has 2 aliphatic rings. The molecule has 5 nitrogen and oxygen atoms in total. The zero-order valence-electron chi connectivity index (χ0n) is 17.8. The molecule has 30 heavy (non-hydrogen) atoms. The zero-order chi connectivity index (χ0) is 21.3. The van der Waals surface area contributed by atoms with Crippen LogP contribution in [-0.4, -0.2) is 39.8 Å². The molecule has 3 atom stereocenters. The number of fused-ring (bicyclic) bond motifs is 1. The Morgan fingerprint density at radius 1 is 1.20 bits per heavy atom. The second-order valence-corrected chi connectivity index (χ2v) is 8.62. The molecule has 2 aromatic rings. The number of likely N-dealkylation sites (tertiary alicyclic amines) is 1. The molecular formula is C25H31NO4. The normalized spacial score (nSPS) is 26.2. The highest BCUT2D eigenvalue weighted by Crippen LogP contribution is 2.50. The van der Waals surface area contributed by atoms with E-state index in [1.807, 2.05) is 55.1 Å². The van der Waals surface area contributed by atoms with Gasteiger partial charge in [0.05, 0.1) is 18.2 Å². The second kappa shape index (κ2) is 8.31. The fourth-order valence-electron chi connectivity index (χ4n) is 5.28. The molecule has 5 heteroatoms. The van der Waals surface area contributed by atoms with Crippen LogP contribution >= 0.6 is 0 Å². The van der Waals surface area contributed by atoms with Crippen LogP contribution in [0.3, 0.4) is 0 Å². The van der Waals surface area contributed by atoms with E-state index in [9.17, 15) is 15.0 Å². The highest BCUT2D eigenvalue weighted by atomic mass is 16.5. The molecule has 0 aromatic heterocycles. The first-order chi connectivity index (χ1) is 14.4. The minimum atomic E-state index is -0.755. The third-order valence-corrected chi connectivity index (χ3v) is 6.83. The summed E-state index contributed by atoms with van der Waals surface area (Å²) in [6.07, 6.45) is 4.32. The van der Waals surface area contributed by atoms with Gasteiger partial charge in [0.25, 0.3) is 5.91 Å². The molecule has 0 radical (unpaired) electrons. The molecule has 2 aromatic carbocycles. The van der Waals surface area contributed by atoms with Gasteiger partial charge in [-0.15, -0.1) is 0 Å². The standard InChI is InChI=1S/C25H31NO4/c1-3-30-22-16-18(11-12-21(22)27)23-20-10-6-7-13-25(20,29)14-15-26(23)24(28)19-9-5-4-8-17(19)2/h4-5,8-9,11-12,16,20,23,27,29H,3,6-7,10,13-15H2,1-2H3. The molecular weight excluding hydrogens is 378 g/mol. The highest BCUT2D eigenvalue weighted by molar-refractivity contribution is 5.96. The molecule has 1 saturated carbocycles. The topological polar surface area (TPSA) is 70.0 Å². The van der Waals surface area contributed by atoms with E-state index in [0.717, 1.165) is 36.8 Å². The minimum absolute atomic E-state index is 0.00300. The van der Waals surface area contributed by atoms with Gasteiger partial charge in [0.2, 0.25) is 0 Å². The third-order valence-electron chi connectivity index (χ3n) is 6.83. The van der Waals surface area contributed by atoms with E-state index in [0.29, 0.717) is 30.9 Å². The summed E-state index contributed by atoms with van der Waals surface area (Å²) in [6, 6.07) is 12.7. The molecule has 2 N–H and O–H groups in total. The van der Waals surface area contributed by atoms with Crippen LogP contribution in [0.15, 0.2) is 42.5 Å². The molecule has 160 valence electrons. The van der Waals surface area contributed by atoms with Gasteiger partial charge in [-0.25, -0.2) is 0 Å². The number of phenols is 1. The van der Waals surface area contributed by atoms with E-state index < -0.39 is 5.60 Å². The molecule has 0 bridgehead atoms. The number of ether oxygens (including phenoxy) is 1. The number of hydrogen-bond acceptors (Lipinski definition) is 4. The number of carbonyl (C=O) groups excluding carboxylic acids is 1. The Labute approximate surface area is 178 Å². The van der Waals surface area contributed by atoms with Crippen LogP contribution in [0.4, 0.5) is 0 Å². The zero-order valence-corrected chi connectivity index (χ0v) is 17.8. The molecule has 2 fully saturated rings. The van der Waals surface area contributed by atoms with Crippen LogP contribution in [0.1, 0.15) is 66.6 Å². The molecule has 1 saturated heterocycles. The van der Waals surface area contributed by atoms with Crippen molar-refractivity contribution in [3.8, 4) is 11.5 Å². The predicted molar refractivity (Wildman–Crippen MR) is 116 cm³/mol. The van der Waals surface area contributed by atoms with Gasteiger partial charge in [-0.05, 0) is 62.4 Å². The van der Waals surface area contributed by atoms with Crippen LogP contribution in [0, 0.1) is 12.8 Å². The number of aliphatic hydroxyl groups is 1. The molecule has 3 unspecified atom stereocenters. The fourth-order valence-corrected chi connectivity index (χ4v) is 5.28. The maximum absolute atomic E-state index is 13.6. The van der Waals surface area contributed by atoms with Crippen molar-refractivity contribution in [1.29, 1.82) is 0 Å². The van der Waals surface area contributed by atoms with Gasteiger partial charge < -0.3 is 19.8 Å². The summed E-state index contributed by atoms with van der Waals surface area (Å²) in [5.74, 6) is 0.471. The number of nitrogens with zero attached hydrogens (tertiary/aromatic N) is 1. The second-order valence-electron chi connectivity index (χ2n) is 8.62. The lowest BCUT2D eigenvalue weighted by atomic mass is 9.66. The number of phenolic OH excluding ortho intramolecular Hbond substituents is 1. The van der Waals surface area contributed by atoms with Gasteiger partial charge in [-0.3, -0.25) is 4.79 Å². The lowest BCUT2D eigenvalue weighted by molar-refractivity contribution is -0.115. The Morgan fingerprint density at radius 3 is 2.77 bits per heavy atom. The first kappa shape index (κ1) is 20.7.